The molecule has 130 valence electrons. The van der Waals surface area contributed by atoms with Crippen LogP contribution >= 0.6 is 0 Å². The van der Waals surface area contributed by atoms with Crippen LogP contribution in [-0.2, 0) is 0 Å². The van der Waals surface area contributed by atoms with Crippen LogP contribution < -0.4 is 10.9 Å². The van der Waals surface area contributed by atoms with Gasteiger partial charge in [-0.1, -0.05) is 24.3 Å². The van der Waals surface area contributed by atoms with E-state index in [0.29, 0.717) is 23.1 Å². The molecule has 0 spiro atoms. The monoisotopic (exact) mass is 337 g/mol. The first kappa shape index (κ1) is 16.1. The number of hydrogen-bond acceptors (Lipinski definition) is 3. The molecule has 0 unspecified atom stereocenters. The molecule has 5 heteroatoms. The number of likely N-dealkylation sites (tertiary alicyclic amines) is 1. The second-order valence-electron chi connectivity index (χ2n) is 7.26. The Balaban J connectivity index is 1.75. The van der Waals surface area contributed by atoms with Crippen LogP contribution in [0.4, 0.5) is 0 Å². The van der Waals surface area contributed by atoms with Crippen LogP contribution in [0.2, 0.25) is 0 Å². The number of rotatable bonds is 2. The maximum absolute atomic E-state index is 13.2. The van der Waals surface area contributed by atoms with Crippen LogP contribution in [0, 0.1) is 25.7 Å². The Morgan fingerprint density at radius 3 is 2.72 bits per heavy atom. The van der Waals surface area contributed by atoms with E-state index >= 15 is 0 Å². The third kappa shape index (κ3) is 2.78. The summed E-state index contributed by atoms with van der Waals surface area (Å²) in [6.45, 7) is 6.53. The minimum atomic E-state index is -0.225. The minimum absolute atomic E-state index is 0.0446. The standard InChI is InChI=1S/C20H23N3O2/c1-12-5-3-4-6-16(12)19-17-10-21-9-15(17)11-23(19)20(25)14-7-13(2)22-18(24)8-14/h3-8,15,17,19,21H,9-11H2,1-2H3,(H,22,24)/t15-,17-,19-/m0/s1. The van der Waals surface area contributed by atoms with Crippen molar-refractivity contribution in [3.05, 3.63) is 69.1 Å². The lowest BCUT2D eigenvalue weighted by Crippen LogP contribution is -2.35. The van der Waals surface area contributed by atoms with E-state index in [1.807, 2.05) is 17.0 Å². The van der Waals surface area contributed by atoms with Crippen molar-refractivity contribution in [1.29, 1.82) is 0 Å². The maximum atomic E-state index is 13.2. The van der Waals surface area contributed by atoms with E-state index in [9.17, 15) is 9.59 Å². The first-order chi connectivity index (χ1) is 12.0. The summed E-state index contributed by atoms with van der Waals surface area (Å²) in [5.41, 5.74) is 3.39. The van der Waals surface area contributed by atoms with Gasteiger partial charge < -0.3 is 15.2 Å². The van der Waals surface area contributed by atoms with Gasteiger partial charge in [-0.3, -0.25) is 9.59 Å². The molecule has 0 bridgehead atoms. The molecule has 2 saturated heterocycles. The average Bonchev–Trinajstić information content (AvgIpc) is 3.15. The molecular formula is C20H23N3O2. The van der Waals surface area contributed by atoms with Crippen LogP contribution in [0.1, 0.15) is 33.2 Å². The van der Waals surface area contributed by atoms with E-state index in [1.165, 1.54) is 17.2 Å². The van der Waals surface area contributed by atoms with Crippen LogP contribution in [0.3, 0.4) is 0 Å². The lowest BCUT2D eigenvalue weighted by atomic mass is 9.87. The van der Waals surface area contributed by atoms with E-state index < -0.39 is 0 Å². The highest BCUT2D eigenvalue weighted by Crippen LogP contribution is 2.44. The molecule has 2 aliphatic rings. The molecule has 2 aromatic rings. The molecule has 1 aromatic carbocycles. The van der Waals surface area contributed by atoms with Crippen molar-refractivity contribution in [2.75, 3.05) is 19.6 Å². The first-order valence-electron chi connectivity index (χ1n) is 8.83. The second-order valence-corrected chi connectivity index (χ2v) is 7.26. The van der Waals surface area contributed by atoms with E-state index in [-0.39, 0.29) is 17.5 Å². The number of carbonyl (C=O) groups is 1. The Kier molecular flexibility index (Phi) is 3.96. The first-order valence-corrected chi connectivity index (χ1v) is 8.83. The van der Waals surface area contributed by atoms with E-state index in [4.69, 9.17) is 0 Å². The number of pyridine rings is 1. The fraction of sp³-hybridized carbons (Fsp3) is 0.400. The molecule has 2 aliphatic heterocycles. The maximum Gasteiger partial charge on any atom is 0.254 e. The van der Waals surface area contributed by atoms with Crippen LogP contribution in [-0.4, -0.2) is 35.4 Å². The van der Waals surface area contributed by atoms with Crippen LogP contribution in [0.5, 0.6) is 0 Å². The summed E-state index contributed by atoms with van der Waals surface area (Å²) in [6.07, 6.45) is 0. The molecule has 0 saturated carbocycles. The molecule has 3 atom stereocenters. The zero-order valence-corrected chi connectivity index (χ0v) is 14.6. The Morgan fingerprint density at radius 1 is 1.16 bits per heavy atom. The summed E-state index contributed by atoms with van der Waals surface area (Å²) in [5.74, 6) is 0.849. The van der Waals surface area contributed by atoms with Gasteiger partial charge in [-0.05, 0) is 37.0 Å². The van der Waals surface area contributed by atoms with Gasteiger partial charge in [0.05, 0.1) is 6.04 Å². The molecular weight excluding hydrogens is 314 g/mol. The molecule has 2 fully saturated rings. The Labute approximate surface area is 147 Å². The molecule has 5 nitrogen and oxygen atoms in total. The molecule has 1 amide bonds. The van der Waals surface area contributed by atoms with Gasteiger partial charge in [0.2, 0.25) is 5.56 Å². The fourth-order valence-corrected chi connectivity index (χ4v) is 4.42. The molecule has 0 aliphatic carbocycles. The predicted octanol–water partition coefficient (Wildman–Crippen LogP) is 2.02. The number of aromatic amines is 1. The van der Waals surface area contributed by atoms with Gasteiger partial charge >= 0.3 is 0 Å². The number of nitrogens with one attached hydrogen (secondary N) is 2. The molecule has 25 heavy (non-hydrogen) atoms. The van der Waals surface area contributed by atoms with Crippen molar-refractivity contribution in [3.8, 4) is 0 Å². The van der Waals surface area contributed by atoms with Crippen LogP contribution in [0.25, 0.3) is 0 Å². The van der Waals surface area contributed by atoms with Crippen molar-refractivity contribution >= 4 is 5.91 Å². The highest BCUT2D eigenvalue weighted by atomic mass is 16.2. The summed E-state index contributed by atoms with van der Waals surface area (Å²) in [7, 11) is 0. The van der Waals surface area contributed by atoms with Crippen molar-refractivity contribution in [3.63, 3.8) is 0 Å². The van der Waals surface area contributed by atoms with E-state index in [2.05, 4.69) is 29.4 Å². The third-order valence-electron chi connectivity index (χ3n) is 5.56. The van der Waals surface area contributed by atoms with Crippen molar-refractivity contribution < 1.29 is 4.79 Å². The average molecular weight is 337 g/mol. The number of aryl methyl sites for hydroxylation is 2. The summed E-state index contributed by atoms with van der Waals surface area (Å²) >= 11 is 0. The topological polar surface area (TPSA) is 65.2 Å². The Bertz CT molecular complexity index is 873. The zero-order valence-electron chi connectivity index (χ0n) is 14.6. The summed E-state index contributed by atoms with van der Waals surface area (Å²) in [6, 6.07) is 11.5. The van der Waals surface area contributed by atoms with Gasteiger partial charge in [0, 0.05) is 42.9 Å². The summed E-state index contributed by atoms with van der Waals surface area (Å²) in [4.78, 5) is 29.7. The number of fused-ring (bicyclic) bond motifs is 1. The van der Waals surface area contributed by atoms with Gasteiger partial charge in [-0.2, -0.15) is 0 Å². The number of aromatic nitrogens is 1. The fourth-order valence-electron chi connectivity index (χ4n) is 4.42. The van der Waals surface area contributed by atoms with Gasteiger partial charge in [-0.25, -0.2) is 0 Å². The second kappa shape index (κ2) is 6.15. The quantitative estimate of drug-likeness (QED) is 0.881. The molecule has 0 radical (unpaired) electrons. The number of benzene rings is 1. The van der Waals surface area contributed by atoms with Crippen LogP contribution in [0.15, 0.2) is 41.2 Å². The molecule has 4 rings (SSSR count). The highest BCUT2D eigenvalue weighted by Gasteiger charge is 2.47. The van der Waals surface area contributed by atoms with E-state index in [0.717, 1.165) is 19.6 Å². The number of amides is 1. The molecule has 2 N–H and O–H groups in total. The SMILES string of the molecule is Cc1cc(C(=O)N2C[C@@H]3CNC[C@@H]3[C@@H]2c2ccccc2C)cc(=O)[nH]1. The van der Waals surface area contributed by atoms with Gasteiger partial charge in [0.25, 0.3) is 5.91 Å². The van der Waals surface area contributed by atoms with Gasteiger partial charge in [-0.15, -0.1) is 0 Å². The highest BCUT2D eigenvalue weighted by molar-refractivity contribution is 5.94. The lowest BCUT2D eigenvalue weighted by molar-refractivity contribution is 0.0713. The normalized spacial score (nSPS) is 25.2. The summed E-state index contributed by atoms with van der Waals surface area (Å²) in [5, 5.41) is 3.47. The Morgan fingerprint density at radius 2 is 1.96 bits per heavy atom. The third-order valence-corrected chi connectivity index (χ3v) is 5.56. The number of nitrogens with zero attached hydrogens (tertiary/aromatic N) is 1. The number of hydrogen-bond donors (Lipinski definition) is 2. The zero-order chi connectivity index (χ0) is 17.6. The van der Waals surface area contributed by atoms with Crippen molar-refractivity contribution in [1.82, 2.24) is 15.2 Å². The number of H-pyrrole nitrogens is 1. The minimum Gasteiger partial charge on any atom is -0.331 e. The summed E-state index contributed by atoms with van der Waals surface area (Å²) < 4.78 is 0. The Hall–Kier alpha value is -2.40. The van der Waals surface area contributed by atoms with E-state index in [1.54, 1.807) is 13.0 Å². The molecule has 1 aromatic heterocycles. The molecule has 3 heterocycles. The van der Waals surface area contributed by atoms with Gasteiger partial charge in [0.1, 0.15) is 0 Å². The smallest absolute Gasteiger partial charge is 0.254 e. The predicted molar refractivity (Wildman–Crippen MR) is 96.6 cm³/mol. The van der Waals surface area contributed by atoms with Crippen molar-refractivity contribution in [2.24, 2.45) is 11.8 Å². The van der Waals surface area contributed by atoms with Gasteiger partial charge in [0.15, 0.2) is 0 Å². The lowest BCUT2D eigenvalue weighted by Gasteiger charge is -2.29. The van der Waals surface area contributed by atoms with Crippen molar-refractivity contribution in [2.45, 2.75) is 19.9 Å². The largest absolute Gasteiger partial charge is 0.331 e. The number of carbonyl (C=O) groups excluding carboxylic acids is 1.